The number of amides is 1. The van der Waals surface area contributed by atoms with Crippen molar-refractivity contribution in [3.05, 3.63) is 65.7 Å². The van der Waals surface area contributed by atoms with E-state index in [0.29, 0.717) is 5.56 Å². The number of methoxy groups -OCH3 is 1. The molecule has 0 aromatic heterocycles. The summed E-state index contributed by atoms with van der Waals surface area (Å²) in [5.74, 6) is -1.39. The smallest absolute Gasteiger partial charge is 0.307 e. The van der Waals surface area contributed by atoms with Crippen LogP contribution in [0.2, 0.25) is 0 Å². The molecule has 0 spiro atoms. The second-order valence-corrected chi connectivity index (χ2v) is 7.35. The van der Waals surface area contributed by atoms with E-state index >= 15 is 0 Å². The van der Waals surface area contributed by atoms with Crippen molar-refractivity contribution in [2.24, 2.45) is 0 Å². The fourth-order valence-electron chi connectivity index (χ4n) is 3.61. The monoisotopic (exact) mass is 418 g/mol. The van der Waals surface area contributed by atoms with Gasteiger partial charge in [0.1, 0.15) is 11.6 Å². The fraction of sp³-hybridized carbons (Fsp3) is 0.364. The van der Waals surface area contributed by atoms with E-state index in [2.05, 4.69) is 10.2 Å². The molecule has 3 rings (SSSR count). The van der Waals surface area contributed by atoms with Crippen molar-refractivity contribution in [1.29, 1.82) is 0 Å². The number of hydrogen-bond donors (Lipinski definition) is 2. The van der Waals surface area contributed by atoms with Gasteiger partial charge in [-0.25, -0.2) is 8.78 Å². The largest absolute Gasteiger partial charge is 0.469 e. The number of piperazine rings is 1. The predicted octanol–water partition coefficient (Wildman–Crippen LogP) is 1.09. The molecule has 160 valence electrons. The average Bonchev–Trinajstić information content (AvgIpc) is 2.74. The minimum atomic E-state index is -0.652. The lowest BCUT2D eigenvalue weighted by Crippen LogP contribution is -3.16. The lowest BCUT2D eigenvalue weighted by atomic mass is 10.0. The van der Waals surface area contributed by atoms with Crippen molar-refractivity contribution in [3.63, 3.8) is 0 Å². The fourth-order valence-corrected chi connectivity index (χ4v) is 3.61. The maximum Gasteiger partial charge on any atom is 0.307 e. The van der Waals surface area contributed by atoms with E-state index in [1.165, 1.54) is 31.4 Å². The molecule has 0 saturated carbocycles. The lowest BCUT2D eigenvalue weighted by molar-refractivity contribution is -0.892. The Morgan fingerprint density at radius 2 is 1.80 bits per heavy atom. The Bertz CT molecular complexity index is 868. The molecule has 30 heavy (non-hydrogen) atoms. The molecular weight excluding hydrogens is 392 g/mol. The summed E-state index contributed by atoms with van der Waals surface area (Å²) in [7, 11) is 1.28. The summed E-state index contributed by atoms with van der Waals surface area (Å²) in [5.41, 5.74) is 1.48. The Balaban J connectivity index is 1.55. The first-order valence-electron chi connectivity index (χ1n) is 9.90. The van der Waals surface area contributed by atoms with Crippen LogP contribution < -0.4 is 15.1 Å². The van der Waals surface area contributed by atoms with Crippen LogP contribution in [0.5, 0.6) is 0 Å². The highest BCUT2D eigenvalue weighted by molar-refractivity contribution is 5.78. The summed E-state index contributed by atoms with van der Waals surface area (Å²) in [4.78, 5) is 27.6. The normalized spacial score (nSPS) is 15.5. The minimum absolute atomic E-state index is 0.0701. The molecule has 0 unspecified atom stereocenters. The minimum Gasteiger partial charge on any atom is -0.469 e. The molecular formula is C22H26F2N3O3+. The molecule has 2 aromatic rings. The molecule has 0 bridgehead atoms. The van der Waals surface area contributed by atoms with Gasteiger partial charge in [0.2, 0.25) is 0 Å². The van der Waals surface area contributed by atoms with E-state index in [9.17, 15) is 18.4 Å². The van der Waals surface area contributed by atoms with Crippen molar-refractivity contribution >= 4 is 17.6 Å². The summed E-state index contributed by atoms with van der Waals surface area (Å²) in [6.07, 6.45) is -0.0701. The number of anilines is 1. The lowest BCUT2D eigenvalue weighted by Gasteiger charge is -2.33. The van der Waals surface area contributed by atoms with E-state index in [1.54, 1.807) is 24.3 Å². The Labute approximate surface area is 174 Å². The Hall–Kier alpha value is -3.00. The van der Waals surface area contributed by atoms with Crippen molar-refractivity contribution in [2.75, 3.05) is 44.7 Å². The van der Waals surface area contributed by atoms with Crippen LogP contribution in [0.25, 0.3) is 0 Å². The van der Waals surface area contributed by atoms with Gasteiger partial charge in [0, 0.05) is 5.69 Å². The number of halogens is 2. The number of carbonyl (C=O) groups excluding carboxylic acids is 2. The number of esters is 1. The molecule has 1 amide bonds. The number of quaternary nitrogens is 1. The number of nitrogens with one attached hydrogen (secondary N) is 2. The highest BCUT2D eigenvalue weighted by atomic mass is 19.1. The summed E-state index contributed by atoms with van der Waals surface area (Å²) < 4.78 is 31.4. The van der Waals surface area contributed by atoms with E-state index in [1.807, 2.05) is 0 Å². The van der Waals surface area contributed by atoms with Crippen LogP contribution in [0, 0.1) is 11.6 Å². The maximum atomic E-state index is 13.6. The summed E-state index contributed by atoms with van der Waals surface area (Å²) >= 11 is 0. The van der Waals surface area contributed by atoms with Crippen molar-refractivity contribution in [1.82, 2.24) is 5.32 Å². The van der Waals surface area contributed by atoms with E-state index < -0.39 is 17.8 Å². The van der Waals surface area contributed by atoms with Crippen LogP contribution in [0.1, 0.15) is 18.0 Å². The Morgan fingerprint density at radius 3 is 2.43 bits per heavy atom. The standard InChI is InChI=1S/C22H25F2N3O3/c1-30-22(29)14-20(16-3-2-4-18(24)13-16)25-21(28)15-26-9-11-27(12-10-26)19-7-5-17(23)6-8-19/h2-8,13,20H,9-12,14-15H2,1H3,(H,25,28)/p+1/t20-/m1/s1. The second-order valence-electron chi connectivity index (χ2n) is 7.35. The summed E-state index contributed by atoms with van der Waals surface area (Å²) in [6, 6.07) is 11.6. The number of rotatable bonds is 7. The Morgan fingerprint density at radius 1 is 1.10 bits per heavy atom. The van der Waals surface area contributed by atoms with Gasteiger partial charge in [0.05, 0.1) is 45.8 Å². The third-order valence-corrected chi connectivity index (χ3v) is 5.26. The molecule has 1 atom stereocenters. The zero-order valence-electron chi connectivity index (χ0n) is 16.9. The number of carbonyl (C=O) groups is 2. The van der Waals surface area contributed by atoms with Gasteiger partial charge in [-0.2, -0.15) is 0 Å². The molecule has 0 radical (unpaired) electrons. The van der Waals surface area contributed by atoms with Crippen LogP contribution in [-0.2, 0) is 14.3 Å². The van der Waals surface area contributed by atoms with Crippen LogP contribution in [-0.4, -0.2) is 51.7 Å². The number of ether oxygens (including phenoxy) is 1. The zero-order valence-corrected chi connectivity index (χ0v) is 16.9. The molecule has 0 aliphatic carbocycles. The molecule has 1 aliphatic heterocycles. The van der Waals surface area contributed by atoms with Gasteiger partial charge in [-0.05, 0) is 42.0 Å². The van der Waals surface area contributed by atoms with Gasteiger partial charge < -0.3 is 19.9 Å². The molecule has 1 aliphatic rings. The summed E-state index contributed by atoms with van der Waals surface area (Å²) in [6.45, 7) is 3.27. The highest BCUT2D eigenvalue weighted by Crippen LogP contribution is 2.18. The van der Waals surface area contributed by atoms with Gasteiger partial charge >= 0.3 is 5.97 Å². The van der Waals surface area contributed by atoms with Crippen LogP contribution in [0.3, 0.4) is 0 Å². The van der Waals surface area contributed by atoms with E-state index in [-0.39, 0.29) is 24.7 Å². The van der Waals surface area contributed by atoms with Crippen LogP contribution in [0.4, 0.5) is 14.5 Å². The number of benzene rings is 2. The van der Waals surface area contributed by atoms with Crippen LogP contribution in [0.15, 0.2) is 48.5 Å². The van der Waals surface area contributed by atoms with Crippen LogP contribution >= 0.6 is 0 Å². The van der Waals surface area contributed by atoms with Gasteiger partial charge in [-0.15, -0.1) is 0 Å². The third kappa shape index (κ3) is 6.00. The zero-order chi connectivity index (χ0) is 21.5. The second kappa shape index (κ2) is 10.2. The predicted molar refractivity (Wildman–Crippen MR) is 108 cm³/mol. The summed E-state index contributed by atoms with van der Waals surface area (Å²) in [5, 5.41) is 2.84. The molecule has 2 N–H and O–H groups in total. The maximum absolute atomic E-state index is 13.6. The Kier molecular flexibility index (Phi) is 7.35. The average molecular weight is 418 g/mol. The molecule has 6 nitrogen and oxygen atoms in total. The topological polar surface area (TPSA) is 63.1 Å². The molecule has 1 heterocycles. The van der Waals surface area contributed by atoms with Crippen molar-refractivity contribution in [3.8, 4) is 0 Å². The van der Waals surface area contributed by atoms with Gasteiger partial charge in [-0.3, -0.25) is 9.59 Å². The van der Waals surface area contributed by atoms with Gasteiger partial charge in [0.15, 0.2) is 6.54 Å². The third-order valence-electron chi connectivity index (χ3n) is 5.26. The van der Waals surface area contributed by atoms with E-state index in [4.69, 9.17) is 4.74 Å². The van der Waals surface area contributed by atoms with E-state index in [0.717, 1.165) is 36.8 Å². The highest BCUT2D eigenvalue weighted by Gasteiger charge is 2.25. The first-order chi connectivity index (χ1) is 14.4. The molecule has 1 fully saturated rings. The SMILES string of the molecule is COC(=O)C[C@@H](NC(=O)C[NH+]1CCN(c2ccc(F)cc2)CC1)c1cccc(F)c1. The quantitative estimate of drug-likeness (QED) is 0.661. The van der Waals surface area contributed by atoms with Crippen molar-refractivity contribution in [2.45, 2.75) is 12.5 Å². The molecule has 8 heteroatoms. The molecule has 1 saturated heterocycles. The van der Waals surface area contributed by atoms with Crippen molar-refractivity contribution < 1.29 is 28.0 Å². The van der Waals surface area contributed by atoms with Gasteiger partial charge in [-0.1, -0.05) is 12.1 Å². The first kappa shape index (κ1) is 21.7. The number of nitrogens with zero attached hydrogens (tertiary/aromatic N) is 1. The first-order valence-corrected chi connectivity index (χ1v) is 9.90. The van der Waals surface area contributed by atoms with Gasteiger partial charge in [0.25, 0.3) is 5.91 Å². The number of hydrogen-bond acceptors (Lipinski definition) is 4. The molecule has 2 aromatic carbocycles.